The van der Waals surface area contributed by atoms with Crippen LogP contribution in [0.2, 0.25) is 0 Å². The van der Waals surface area contributed by atoms with Crippen LogP contribution < -0.4 is 9.68 Å². The monoisotopic (exact) mass is 434 g/mol. The lowest BCUT2D eigenvalue weighted by atomic mass is 10.0. The minimum atomic E-state index is -0.709. The third kappa shape index (κ3) is 3.43. The van der Waals surface area contributed by atoms with Gasteiger partial charge in [-0.05, 0) is 43.7 Å². The van der Waals surface area contributed by atoms with Gasteiger partial charge in [0.05, 0.1) is 4.70 Å². The van der Waals surface area contributed by atoms with Crippen molar-refractivity contribution >= 4 is 38.6 Å². The number of esters is 1. The van der Waals surface area contributed by atoms with Gasteiger partial charge >= 0.3 is 10.9 Å². The van der Waals surface area contributed by atoms with E-state index in [2.05, 4.69) is 0 Å². The molecule has 0 amide bonds. The predicted molar refractivity (Wildman–Crippen MR) is 116 cm³/mol. The first-order chi connectivity index (χ1) is 14.9. The van der Waals surface area contributed by atoms with Crippen LogP contribution in [-0.4, -0.2) is 5.97 Å². The van der Waals surface area contributed by atoms with Gasteiger partial charge < -0.3 is 13.6 Å². The Labute approximate surface area is 179 Å². The number of furan rings is 1. The van der Waals surface area contributed by atoms with Crippen molar-refractivity contribution in [2.45, 2.75) is 13.8 Å². The van der Waals surface area contributed by atoms with Gasteiger partial charge in [-0.1, -0.05) is 41.2 Å². The first kappa shape index (κ1) is 19.3. The summed E-state index contributed by atoms with van der Waals surface area (Å²) in [4.78, 5) is 24.2. The van der Waals surface area contributed by atoms with Crippen LogP contribution in [0.5, 0.6) is 5.75 Å². The summed E-state index contributed by atoms with van der Waals surface area (Å²) < 4.78 is 30.7. The Morgan fingerprint density at radius 1 is 1.00 bits per heavy atom. The van der Waals surface area contributed by atoms with Gasteiger partial charge in [0.2, 0.25) is 5.76 Å². The van der Waals surface area contributed by atoms with Crippen molar-refractivity contribution < 1.29 is 22.8 Å². The topological polar surface area (TPSA) is 69.7 Å². The zero-order valence-corrected chi connectivity index (χ0v) is 17.3. The second-order valence-electron chi connectivity index (χ2n) is 7.20. The molecule has 2 aromatic heterocycles. The summed E-state index contributed by atoms with van der Waals surface area (Å²) in [7, 11) is 0. The number of fused-ring (bicyclic) bond motifs is 2. The summed E-state index contributed by atoms with van der Waals surface area (Å²) >= 11 is 0.931. The standard InChI is InChI=1S/C24H15FO5S/c1-12-3-5-14(6-4-12)18-10-16(11-20-22(18)30-24(27)31-20)28-23(26)21-13(2)17-9-15(25)7-8-19(17)29-21/h3-11H,1-2H3. The Balaban J connectivity index is 1.58. The Morgan fingerprint density at radius 3 is 2.55 bits per heavy atom. The van der Waals surface area contributed by atoms with Crippen LogP contribution in [0.3, 0.4) is 0 Å². The number of aryl methyl sites for hydroxylation is 2. The molecule has 0 unspecified atom stereocenters. The molecule has 0 bridgehead atoms. The summed E-state index contributed by atoms with van der Waals surface area (Å²) in [6.45, 7) is 3.65. The Kier molecular flexibility index (Phi) is 4.48. The summed E-state index contributed by atoms with van der Waals surface area (Å²) in [5.74, 6) is -0.882. The molecule has 0 fully saturated rings. The Morgan fingerprint density at radius 2 is 1.77 bits per heavy atom. The molecule has 0 spiro atoms. The minimum Gasteiger partial charge on any atom is -0.449 e. The molecule has 5 nitrogen and oxygen atoms in total. The quantitative estimate of drug-likeness (QED) is 0.248. The van der Waals surface area contributed by atoms with Crippen LogP contribution in [0.25, 0.3) is 32.4 Å². The maximum absolute atomic E-state index is 13.6. The number of hydrogen-bond donors (Lipinski definition) is 0. The van der Waals surface area contributed by atoms with E-state index in [9.17, 15) is 14.0 Å². The third-order valence-electron chi connectivity index (χ3n) is 5.06. The molecule has 154 valence electrons. The molecular formula is C24H15FO5S. The smallest absolute Gasteiger partial charge is 0.396 e. The van der Waals surface area contributed by atoms with Gasteiger partial charge in [0.25, 0.3) is 0 Å². The van der Waals surface area contributed by atoms with Crippen LogP contribution in [0.1, 0.15) is 21.7 Å². The van der Waals surface area contributed by atoms with Gasteiger partial charge in [-0.2, -0.15) is 0 Å². The molecule has 5 aromatic rings. The van der Waals surface area contributed by atoms with Crippen LogP contribution >= 0.6 is 11.3 Å². The van der Waals surface area contributed by atoms with Crippen molar-refractivity contribution in [3.8, 4) is 16.9 Å². The maximum atomic E-state index is 13.6. The van der Waals surface area contributed by atoms with Crippen LogP contribution in [0, 0.1) is 19.7 Å². The molecule has 2 heterocycles. The lowest BCUT2D eigenvalue weighted by molar-refractivity contribution is 0.0703. The first-order valence-corrected chi connectivity index (χ1v) is 10.3. The fraction of sp³-hybridized carbons (Fsp3) is 0.0833. The van der Waals surface area contributed by atoms with Gasteiger partial charge in [-0.3, -0.25) is 0 Å². The molecule has 0 atom stereocenters. The molecule has 7 heteroatoms. The molecule has 0 aliphatic carbocycles. The van der Waals surface area contributed by atoms with Crippen LogP contribution in [0.4, 0.5) is 4.39 Å². The van der Waals surface area contributed by atoms with E-state index in [1.54, 1.807) is 19.1 Å². The van der Waals surface area contributed by atoms with Crippen molar-refractivity contribution in [3.63, 3.8) is 0 Å². The fourth-order valence-corrected chi connectivity index (χ4v) is 4.22. The van der Waals surface area contributed by atoms with Crippen molar-refractivity contribution in [3.05, 3.63) is 87.0 Å². The van der Waals surface area contributed by atoms with Crippen molar-refractivity contribution in [1.29, 1.82) is 0 Å². The zero-order chi connectivity index (χ0) is 21.7. The molecular weight excluding hydrogens is 419 g/mol. The Hall–Kier alpha value is -3.71. The van der Waals surface area contributed by atoms with E-state index >= 15 is 0 Å². The summed E-state index contributed by atoms with van der Waals surface area (Å²) in [6, 6.07) is 15.0. The molecule has 0 aliphatic heterocycles. The molecule has 0 saturated heterocycles. The number of rotatable bonds is 3. The van der Waals surface area contributed by atoms with Gasteiger partial charge in [0, 0.05) is 22.6 Å². The Bertz CT molecular complexity index is 1520. The molecule has 5 rings (SSSR count). The van der Waals surface area contributed by atoms with E-state index in [4.69, 9.17) is 13.6 Å². The van der Waals surface area contributed by atoms with Crippen molar-refractivity contribution in [1.82, 2.24) is 0 Å². The molecule has 0 saturated carbocycles. The van der Waals surface area contributed by atoms with Gasteiger partial charge in [0.1, 0.15) is 17.1 Å². The molecule has 31 heavy (non-hydrogen) atoms. The molecule has 0 radical (unpaired) electrons. The molecule has 3 aromatic carbocycles. The number of ether oxygens (including phenoxy) is 1. The number of benzene rings is 3. The van der Waals surface area contributed by atoms with E-state index in [0.29, 0.717) is 32.4 Å². The average Bonchev–Trinajstić information content (AvgIpc) is 3.27. The van der Waals surface area contributed by atoms with Crippen LogP contribution in [0.15, 0.2) is 68.2 Å². The molecule has 0 N–H and O–H groups in total. The highest BCUT2D eigenvalue weighted by molar-refractivity contribution is 7.16. The van der Waals surface area contributed by atoms with Crippen molar-refractivity contribution in [2.75, 3.05) is 0 Å². The van der Waals surface area contributed by atoms with E-state index < -0.39 is 16.7 Å². The van der Waals surface area contributed by atoms with E-state index in [0.717, 1.165) is 22.5 Å². The number of carbonyl (C=O) groups is 1. The highest BCUT2D eigenvalue weighted by atomic mass is 32.1. The highest BCUT2D eigenvalue weighted by Gasteiger charge is 2.21. The lowest BCUT2D eigenvalue weighted by Gasteiger charge is -2.08. The third-order valence-corrected chi connectivity index (χ3v) is 5.84. The number of hydrogen-bond acceptors (Lipinski definition) is 6. The molecule has 0 aliphatic rings. The fourth-order valence-electron chi connectivity index (χ4n) is 3.50. The SMILES string of the molecule is Cc1ccc(-c2cc(OC(=O)c3oc4ccc(F)cc4c3C)cc3sc(=O)oc23)cc1. The van der Waals surface area contributed by atoms with Gasteiger partial charge in [-0.15, -0.1) is 0 Å². The average molecular weight is 434 g/mol. The summed E-state index contributed by atoms with van der Waals surface area (Å²) in [5, 5.41) is 0.510. The summed E-state index contributed by atoms with van der Waals surface area (Å²) in [5.41, 5.74) is 3.88. The normalized spacial score (nSPS) is 11.3. The van der Waals surface area contributed by atoms with E-state index in [-0.39, 0.29) is 11.5 Å². The predicted octanol–water partition coefficient (Wildman–Crippen LogP) is 6.24. The number of carbonyl (C=O) groups excluding carboxylic acids is 1. The van der Waals surface area contributed by atoms with Crippen molar-refractivity contribution in [2.24, 2.45) is 0 Å². The van der Waals surface area contributed by atoms with E-state index in [1.165, 1.54) is 18.2 Å². The second-order valence-corrected chi connectivity index (χ2v) is 8.18. The second kappa shape index (κ2) is 7.21. The lowest BCUT2D eigenvalue weighted by Crippen LogP contribution is -2.08. The van der Waals surface area contributed by atoms with Crippen LogP contribution in [-0.2, 0) is 0 Å². The highest BCUT2D eigenvalue weighted by Crippen LogP contribution is 2.35. The zero-order valence-electron chi connectivity index (χ0n) is 16.5. The first-order valence-electron chi connectivity index (χ1n) is 9.44. The van der Waals surface area contributed by atoms with E-state index in [1.807, 2.05) is 31.2 Å². The number of halogens is 1. The maximum Gasteiger partial charge on any atom is 0.396 e. The largest absolute Gasteiger partial charge is 0.449 e. The van der Waals surface area contributed by atoms with Gasteiger partial charge in [-0.25, -0.2) is 14.0 Å². The minimum absolute atomic E-state index is 0.00189. The van der Waals surface area contributed by atoms with Gasteiger partial charge in [0.15, 0.2) is 5.58 Å². The summed E-state index contributed by atoms with van der Waals surface area (Å²) in [6.07, 6.45) is 0.